The molecule has 6 amide bonds. The highest BCUT2D eigenvalue weighted by molar-refractivity contribution is 5.97. The number of aliphatic carboxylic acids is 1. The zero-order chi connectivity index (χ0) is 55.7. The molecule has 7 N–H and O–H groups in total. The molecule has 2 aromatic rings. The Morgan fingerprint density at radius 1 is 0.554 bits per heavy atom. The summed E-state index contributed by atoms with van der Waals surface area (Å²) in [5, 5.41) is 24.9. The van der Waals surface area contributed by atoms with Crippen LogP contribution in [0.5, 0.6) is 0 Å². The monoisotopic (exact) mass is 1040 g/mol. The minimum absolute atomic E-state index is 0.0156. The minimum atomic E-state index is -1.54. The van der Waals surface area contributed by atoms with Crippen molar-refractivity contribution in [3.8, 4) is 11.1 Å². The van der Waals surface area contributed by atoms with E-state index in [-0.39, 0.29) is 51.2 Å². The van der Waals surface area contributed by atoms with Crippen LogP contribution in [0, 0.1) is 5.92 Å². The Morgan fingerprint density at radius 2 is 1.03 bits per heavy atom. The number of unbranched alkanes of at least 4 members (excludes halogenated alkanes) is 1. The average Bonchev–Trinajstić information content (AvgIpc) is 3.58. The first kappa shape index (κ1) is 61.2. The maximum atomic E-state index is 14.1. The molecule has 21 heteroatoms. The van der Waals surface area contributed by atoms with Gasteiger partial charge in [-0.25, -0.2) is 9.59 Å². The molecule has 0 bridgehead atoms. The van der Waals surface area contributed by atoms with Crippen LogP contribution in [0.15, 0.2) is 48.5 Å². The van der Waals surface area contributed by atoms with Crippen molar-refractivity contribution in [3.63, 3.8) is 0 Å². The number of alkyl carbamates (subject to hydrolysis) is 1. The van der Waals surface area contributed by atoms with Crippen LogP contribution in [0.2, 0.25) is 0 Å². The van der Waals surface area contributed by atoms with Crippen LogP contribution in [0.4, 0.5) is 4.79 Å². The largest absolute Gasteiger partial charge is 0.480 e. The molecule has 1 aliphatic rings. The summed E-state index contributed by atoms with van der Waals surface area (Å²) in [6.45, 7) is 18.9. The maximum absolute atomic E-state index is 14.1. The third kappa shape index (κ3) is 21.2. The molecule has 0 saturated heterocycles. The number of carboxylic acids is 1. The van der Waals surface area contributed by atoms with E-state index in [1.807, 2.05) is 48.5 Å². The van der Waals surface area contributed by atoms with Crippen LogP contribution in [0.3, 0.4) is 0 Å². The molecule has 21 nitrogen and oxygen atoms in total. The van der Waals surface area contributed by atoms with Crippen LogP contribution in [0.1, 0.15) is 145 Å². The van der Waals surface area contributed by atoms with E-state index < -0.39 is 125 Å². The number of carboxylic acid groups (broad SMARTS) is 1. The zero-order valence-corrected chi connectivity index (χ0v) is 44.7. The number of rotatable bonds is 25. The molecular weight excluding hydrogens is 961 g/mol. The number of ether oxygens (including phenoxy) is 4. The van der Waals surface area contributed by atoms with E-state index >= 15 is 0 Å². The van der Waals surface area contributed by atoms with Gasteiger partial charge < -0.3 is 56.0 Å². The minimum Gasteiger partial charge on any atom is -0.480 e. The SMILES string of the molecule is CC(=O)N[C@@H](CC(=O)OC(C)(C)C)C(=O)N[C@@H](CCC(=O)OC(C)(C)C)C(=O)N[C@H](C(=O)N[C@@H](CC(=O)OC(C)(C)C)C(=O)NCCCC[C@H](NC(=O)OCC1c2ccccc2-c2ccccc21)C(=O)O)C(C)C. The van der Waals surface area contributed by atoms with Gasteiger partial charge >= 0.3 is 30.0 Å². The molecule has 2 aromatic carbocycles. The van der Waals surface area contributed by atoms with Crippen LogP contribution < -0.4 is 31.9 Å². The number of carbonyl (C=O) groups excluding carboxylic acids is 9. The van der Waals surface area contributed by atoms with Gasteiger partial charge in [0.05, 0.1) is 12.8 Å². The van der Waals surface area contributed by atoms with Crippen LogP contribution in [-0.2, 0) is 62.1 Å². The van der Waals surface area contributed by atoms with Gasteiger partial charge in [-0.2, -0.15) is 0 Å². The Labute approximate surface area is 433 Å². The van der Waals surface area contributed by atoms with Crippen molar-refractivity contribution in [2.75, 3.05) is 13.2 Å². The predicted molar refractivity (Wildman–Crippen MR) is 271 cm³/mol. The number of esters is 3. The molecule has 0 radical (unpaired) electrons. The summed E-state index contributed by atoms with van der Waals surface area (Å²) in [5.41, 5.74) is 1.28. The summed E-state index contributed by atoms with van der Waals surface area (Å²) in [7, 11) is 0. The normalized spacial score (nSPS) is 14.3. The fourth-order valence-electron chi connectivity index (χ4n) is 7.86. The molecule has 0 fully saturated rings. The standard InChI is InChI=1S/C53H76N6O15/c1-30(2)44(59-46(65)37(24-25-41(61)72-51(4,5)6)56-47(66)40(55-31(3)60)28-43(63)74-53(10,11)12)48(67)57-39(27-42(62)73-52(7,8)9)45(64)54-26-18-17-23-38(49(68)69)58-50(70)71-29-36-34-21-15-13-19-32(34)33-20-14-16-22-35(33)36/h13-16,19-22,30,36-40,44H,17-18,23-29H2,1-12H3,(H,54,64)(H,55,60)(H,56,66)(H,57,67)(H,58,70)(H,59,65)(H,68,69)/t37-,38-,39-,40-,44-/m0/s1. The van der Waals surface area contributed by atoms with E-state index in [1.165, 1.54) is 0 Å². The Balaban J connectivity index is 1.71. The van der Waals surface area contributed by atoms with Gasteiger partial charge in [0.1, 0.15) is 53.6 Å². The number of fused-ring (bicyclic) bond motifs is 3. The number of nitrogens with one attached hydrogen (secondary N) is 6. The Kier molecular flexibility index (Phi) is 22.6. The number of benzene rings is 2. The lowest BCUT2D eigenvalue weighted by Crippen LogP contribution is -2.59. The summed E-state index contributed by atoms with van der Waals surface area (Å²) in [5.74, 6) is -8.87. The molecule has 1 aliphatic carbocycles. The quantitative estimate of drug-likeness (QED) is 0.0410. The van der Waals surface area contributed by atoms with Crippen molar-refractivity contribution >= 4 is 59.5 Å². The van der Waals surface area contributed by atoms with Gasteiger partial charge in [-0.05, 0) is 116 Å². The number of hydrogen-bond acceptors (Lipinski definition) is 14. The highest BCUT2D eigenvalue weighted by Crippen LogP contribution is 2.44. The van der Waals surface area contributed by atoms with Gasteiger partial charge in [0.25, 0.3) is 0 Å². The van der Waals surface area contributed by atoms with E-state index in [9.17, 15) is 53.1 Å². The number of carbonyl (C=O) groups is 10. The Hall–Kier alpha value is -7.06. The molecule has 74 heavy (non-hydrogen) atoms. The van der Waals surface area contributed by atoms with Gasteiger partial charge in [0, 0.05) is 25.8 Å². The molecular formula is C53H76N6O15. The second-order valence-electron chi connectivity index (χ2n) is 21.5. The maximum Gasteiger partial charge on any atom is 0.407 e. The molecule has 0 aliphatic heterocycles. The van der Waals surface area contributed by atoms with Crippen molar-refractivity contribution in [3.05, 3.63) is 59.7 Å². The van der Waals surface area contributed by atoms with E-state index in [1.54, 1.807) is 76.2 Å². The van der Waals surface area contributed by atoms with Crippen LogP contribution in [0.25, 0.3) is 11.1 Å². The van der Waals surface area contributed by atoms with Crippen molar-refractivity contribution in [2.45, 2.75) is 181 Å². The Morgan fingerprint density at radius 3 is 1.51 bits per heavy atom. The van der Waals surface area contributed by atoms with Crippen molar-refractivity contribution in [1.29, 1.82) is 0 Å². The molecule has 0 saturated carbocycles. The second-order valence-corrected chi connectivity index (χ2v) is 21.5. The predicted octanol–water partition coefficient (Wildman–Crippen LogP) is 4.47. The van der Waals surface area contributed by atoms with Crippen LogP contribution >= 0.6 is 0 Å². The van der Waals surface area contributed by atoms with Gasteiger partial charge in [-0.3, -0.25) is 38.4 Å². The van der Waals surface area contributed by atoms with Gasteiger partial charge in [0.2, 0.25) is 29.5 Å². The summed E-state index contributed by atoms with van der Waals surface area (Å²) in [6.07, 6.45) is -2.47. The summed E-state index contributed by atoms with van der Waals surface area (Å²) in [6, 6.07) is 8.28. The first-order chi connectivity index (χ1) is 34.3. The van der Waals surface area contributed by atoms with E-state index in [4.69, 9.17) is 18.9 Å². The van der Waals surface area contributed by atoms with E-state index in [0.717, 1.165) is 29.2 Å². The van der Waals surface area contributed by atoms with E-state index in [0.29, 0.717) is 0 Å². The van der Waals surface area contributed by atoms with Crippen molar-refractivity contribution in [1.82, 2.24) is 31.9 Å². The molecule has 0 unspecified atom stereocenters. The third-order valence-corrected chi connectivity index (χ3v) is 11.0. The lowest BCUT2D eigenvalue weighted by molar-refractivity contribution is -0.157. The highest BCUT2D eigenvalue weighted by Gasteiger charge is 2.36. The first-order valence-electron chi connectivity index (χ1n) is 24.8. The summed E-state index contributed by atoms with van der Waals surface area (Å²) in [4.78, 5) is 131. The van der Waals surface area contributed by atoms with Gasteiger partial charge in [0.15, 0.2) is 0 Å². The first-order valence-corrected chi connectivity index (χ1v) is 24.8. The van der Waals surface area contributed by atoms with E-state index in [2.05, 4.69) is 31.9 Å². The Bertz CT molecular complexity index is 2300. The zero-order valence-electron chi connectivity index (χ0n) is 44.7. The summed E-state index contributed by atoms with van der Waals surface area (Å²) >= 11 is 0. The molecule has 408 valence electrons. The molecule has 5 atom stereocenters. The number of amides is 6. The number of hydrogen-bond donors (Lipinski definition) is 7. The molecule has 0 spiro atoms. The molecule has 0 aromatic heterocycles. The van der Waals surface area contributed by atoms with Gasteiger partial charge in [-0.1, -0.05) is 62.4 Å². The fraction of sp³-hybridized carbons (Fsp3) is 0.585. The third-order valence-electron chi connectivity index (χ3n) is 11.0. The lowest BCUT2D eigenvalue weighted by atomic mass is 9.98. The van der Waals surface area contributed by atoms with Crippen LogP contribution in [-0.4, -0.2) is 125 Å². The topological polar surface area (TPSA) is 300 Å². The smallest absolute Gasteiger partial charge is 0.407 e. The molecule has 3 rings (SSSR count). The molecule has 0 heterocycles. The highest BCUT2D eigenvalue weighted by atomic mass is 16.6. The van der Waals surface area contributed by atoms with Crippen molar-refractivity contribution < 1.29 is 72.0 Å². The second kappa shape index (κ2) is 27.3. The fourth-order valence-corrected chi connectivity index (χ4v) is 7.86. The summed E-state index contributed by atoms with van der Waals surface area (Å²) < 4.78 is 21.7. The lowest BCUT2D eigenvalue weighted by Gasteiger charge is -2.28. The van der Waals surface area contributed by atoms with Crippen molar-refractivity contribution in [2.24, 2.45) is 5.92 Å². The van der Waals surface area contributed by atoms with Gasteiger partial charge in [-0.15, -0.1) is 0 Å². The average molecular weight is 1040 g/mol.